The highest BCUT2D eigenvalue weighted by molar-refractivity contribution is 5.86. The molecule has 1 heterocycles. The second-order valence-corrected chi connectivity index (χ2v) is 5.40. The average molecular weight is 353 g/mol. The number of esters is 2. The Morgan fingerprint density at radius 2 is 1.64 bits per heavy atom. The first kappa shape index (κ1) is 18.8. The minimum Gasteiger partial charge on any atom is -0.467 e. The van der Waals surface area contributed by atoms with Crippen molar-refractivity contribution in [3.8, 4) is 0 Å². The number of benzene rings is 1. The molecule has 9 heteroatoms. The van der Waals surface area contributed by atoms with Crippen LogP contribution in [-0.2, 0) is 34.3 Å². The van der Waals surface area contributed by atoms with Gasteiger partial charge in [0.2, 0.25) is 6.54 Å². The summed E-state index contributed by atoms with van der Waals surface area (Å²) >= 11 is 0. The fourth-order valence-electron chi connectivity index (χ4n) is 2.67. The maximum Gasteiger partial charge on any atom is 0.338 e. The van der Waals surface area contributed by atoms with Crippen LogP contribution in [0.1, 0.15) is 18.4 Å². The first-order valence-corrected chi connectivity index (χ1v) is 7.62. The lowest BCUT2D eigenvalue weighted by Gasteiger charge is -2.28. The maximum absolute atomic E-state index is 12.0. The van der Waals surface area contributed by atoms with Crippen molar-refractivity contribution in [1.82, 2.24) is 0 Å². The fraction of sp³-hybridized carbons (Fsp3) is 0.500. The van der Waals surface area contributed by atoms with E-state index >= 15 is 0 Å². The molecule has 0 N–H and O–H groups in total. The van der Waals surface area contributed by atoms with Crippen molar-refractivity contribution in [1.29, 1.82) is 0 Å². The molecule has 1 aromatic carbocycles. The van der Waals surface area contributed by atoms with Gasteiger partial charge in [0.15, 0.2) is 18.0 Å². The van der Waals surface area contributed by atoms with Crippen LogP contribution < -0.4 is 0 Å². The summed E-state index contributed by atoms with van der Waals surface area (Å²) in [5, 5.41) is 10.6. The lowest BCUT2D eigenvalue weighted by Crippen LogP contribution is -2.38. The summed E-state index contributed by atoms with van der Waals surface area (Å²) in [7, 11) is 2.32. The van der Waals surface area contributed by atoms with E-state index in [9.17, 15) is 19.7 Å². The van der Waals surface area contributed by atoms with Gasteiger partial charge in [0.1, 0.15) is 0 Å². The van der Waals surface area contributed by atoms with E-state index in [4.69, 9.17) is 9.47 Å². The first-order valence-electron chi connectivity index (χ1n) is 7.62. The molecule has 2 rings (SSSR count). The third-order valence-electron chi connectivity index (χ3n) is 3.84. The van der Waals surface area contributed by atoms with Gasteiger partial charge >= 0.3 is 11.9 Å². The fourth-order valence-corrected chi connectivity index (χ4v) is 2.67. The number of ether oxygens (including phenoxy) is 4. The number of hydrogen-bond donors (Lipinski definition) is 0. The number of nitrogens with zero attached hydrogens (tertiary/aromatic N) is 1. The number of nitro groups is 1. The third kappa shape index (κ3) is 4.12. The van der Waals surface area contributed by atoms with Crippen LogP contribution in [0, 0.1) is 10.1 Å². The Morgan fingerprint density at radius 1 is 1.12 bits per heavy atom. The van der Waals surface area contributed by atoms with E-state index in [0.717, 1.165) is 14.2 Å². The molecule has 25 heavy (non-hydrogen) atoms. The van der Waals surface area contributed by atoms with Crippen molar-refractivity contribution in [3.05, 3.63) is 46.0 Å². The Kier molecular flexibility index (Phi) is 6.05. The van der Waals surface area contributed by atoms with E-state index in [1.54, 1.807) is 30.3 Å². The standard InChI is InChI=1S/C16H19NO8/c1-22-14(18)12-13(15(19)23-2)25-16(24-12,9-6-10-17(20)21)11-7-4-3-5-8-11/h3-5,7-8,12-13H,6,9-10H2,1-2H3/t12-,13-/m1/s1. The highest BCUT2D eigenvalue weighted by Gasteiger charge is 2.55. The van der Waals surface area contributed by atoms with Gasteiger partial charge in [0.05, 0.1) is 14.2 Å². The van der Waals surface area contributed by atoms with Gasteiger partial charge in [-0.25, -0.2) is 9.59 Å². The second-order valence-electron chi connectivity index (χ2n) is 5.40. The highest BCUT2D eigenvalue weighted by Crippen LogP contribution is 2.42. The molecule has 0 spiro atoms. The Morgan fingerprint density at radius 3 is 2.08 bits per heavy atom. The SMILES string of the molecule is COC(=O)[C@@H]1OC(CCC[N+](=O)[O-])(c2ccccc2)O[C@H]1C(=O)OC. The lowest BCUT2D eigenvalue weighted by molar-refractivity contribution is -0.481. The average Bonchev–Trinajstić information content (AvgIpc) is 3.02. The van der Waals surface area contributed by atoms with Crippen LogP contribution in [0.2, 0.25) is 0 Å². The molecule has 2 atom stereocenters. The zero-order chi connectivity index (χ0) is 18.4. The predicted octanol–water partition coefficient (Wildman–Crippen LogP) is 1.03. The molecule has 1 aromatic rings. The molecule has 0 aliphatic carbocycles. The predicted molar refractivity (Wildman–Crippen MR) is 83.0 cm³/mol. The molecule has 1 saturated heterocycles. The summed E-state index contributed by atoms with van der Waals surface area (Å²) in [4.78, 5) is 34.2. The van der Waals surface area contributed by atoms with Crippen molar-refractivity contribution in [3.63, 3.8) is 0 Å². The zero-order valence-corrected chi connectivity index (χ0v) is 13.9. The van der Waals surface area contributed by atoms with E-state index in [2.05, 4.69) is 9.47 Å². The number of carbonyl (C=O) groups is 2. The lowest BCUT2D eigenvalue weighted by atomic mass is 10.0. The second kappa shape index (κ2) is 8.04. The molecule has 0 amide bonds. The topological polar surface area (TPSA) is 114 Å². The molecule has 1 aliphatic rings. The van der Waals surface area contributed by atoms with Crippen molar-refractivity contribution in [2.24, 2.45) is 0 Å². The van der Waals surface area contributed by atoms with Crippen LogP contribution in [0.5, 0.6) is 0 Å². The molecule has 0 radical (unpaired) electrons. The van der Waals surface area contributed by atoms with Crippen LogP contribution in [-0.4, -0.2) is 49.8 Å². The highest BCUT2D eigenvalue weighted by atomic mass is 16.8. The van der Waals surface area contributed by atoms with Gasteiger partial charge in [0, 0.05) is 23.3 Å². The van der Waals surface area contributed by atoms with Crippen LogP contribution in [0.3, 0.4) is 0 Å². The summed E-state index contributed by atoms with van der Waals surface area (Å²) in [6.07, 6.45) is -2.44. The van der Waals surface area contributed by atoms with Crippen LogP contribution >= 0.6 is 0 Å². The number of rotatable bonds is 7. The Hall–Kier alpha value is -2.52. The van der Waals surface area contributed by atoms with E-state index < -0.39 is 34.9 Å². The molecule has 136 valence electrons. The van der Waals surface area contributed by atoms with Gasteiger partial charge < -0.3 is 18.9 Å². The molecule has 0 saturated carbocycles. The number of hydrogen-bond acceptors (Lipinski definition) is 8. The zero-order valence-electron chi connectivity index (χ0n) is 13.9. The third-order valence-corrected chi connectivity index (χ3v) is 3.84. The van der Waals surface area contributed by atoms with Gasteiger partial charge in [0.25, 0.3) is 0 Å². The van der Waals surface area contributed by atoms with E-state index in [1.165, 1.54) is 0 Å². The molecule has 0 bridgehead atoms. The molecular formula is C16H19NO8. The number of methoxy groups -OCH3 is 2. The quantitative estimate of drug-likeness (QED) is 0.405. The van der Waals surface area contributed by atoms with Gasteiger partial charge in [-0.15, -0.1) is 0 Å². The molecule has 0 unspecified atom stereocenters. The minimum absolute atomic E-state index is 0.0823. The Balaban J connectivity index is 2.36. The monoisotopic (exact) mass is 353 g/mol. The molecule has 1 aliphatic heterocycles. The largest absolute Gasteiger partial charge is 0.467 e. The molecule has 1 fully saturated rings. The van der Waals surface area contributed by atoms with Crippen molar-refractivity contribution in [2.75, 3.05) is 20.8 Å². The maximum atomic E-state index is 12.0. The normalized spacial score (nSPS) is 21.5. The van der Waals surface area contributed by atoms with Gasteiger partial charge in [-0.05, 0) is 0 Å². The summed E-state index contributed by atoms with van der Waals surface area (Å²) in [5.74, 6) is -3.06. The Labute approximate surface area is 144 Å². The van der Waals surface area contributed by atoms with Gasteiger partial charge in [-0.1, -0.05) is 30.3 Å². The van der Waals surface area contributed by atoms with E-state index in [1.807, 2.05) is 0 Å². The summed E-state index contributed by atoms with van der Waals surface area (Å²) in [5.41, 5.74) is 0.540. The molecule has 0 aromatic heterocycles. The molecular weight excluding hydrogens is 334 g/mol. The summed E-state index contributed by atoms with van der Waals surface area (Å²) < 4.78 is 20.9. The van der Waals surface area contributed by atoms with Gasteiger partial charge in [-0.2, -0.15) is 0 Å². The minimum atomic E-state index is -1.48. The Bertz CT molecular complexity index is 608. The number of carbonyl (C=O) groups excluding carboxylic acids is 2. The summed E-state index contributed by atoms with van der Waals surface area (Å²) in [6.45, 7) is -0.299. The van der Waals surface area contributed by atoms with Crippen LogP contribution in [0.25, 0.3) is 0 Å². The van der Waals surface area contributed by atoms with Crippen molar-refractivity contribution >= 4 is 11.9 Å². The van der Waals surface area contributed by atoms with Gasteiger partial charge in [-0.3, -0.25) is 10.1 Å². The van der Waals surface area contributed by atoms with Crippen molar-refractivity contribution in [2.45, 2.75) is 30.8 Å². The van der Waals surface area contributed by atoms with E-state index in [0.29, 0.717) is 5.56 Å². The molecule has 9 nitrogen and oxygen atoms in total. The van der Waals surface area contributed by atoms with Crippen LogP contribution in [0.4, 0.5) is 0 Å². The summed E-state index contributed by atoms with van der Waals surface area (Å²) in [6, 6.07) is 8.63. The van der Waals surface area contributed by atoms with Crippen LogP contribution in [0.15, 0.2) is 30.3 Å². The van der Waals surface area contributed by atoms with E-state index in [-0.39, 0.29) is 19.4 Å². The smallest absolute Gasteiger partial charge is 0.338 e. The van der Waals surface area contributed by atoms with Crippen molar-refractivity contribution < 1.29 is 33.5 Å². The first-order chi connectivity index (χ1) is 11.9.